The summed E-state index contributed by atoms with van der Waals surface area (Å²) < 4.78 is 5.45. The van der Waals surface area contributed by atoms with Crippen molar-refractivity contribution < 1.29 is 24.5 Å². The molecule has 1 fully saturated rings. The minimum Gasteiger partial charge on any atom is -0.479 e. The number of carboxylic acid groups (broad SMARTS) is 1. The molecule has 3 rings (SSSR count). The summed E-state index contributed by atoms with van der Waals surface area (Å²) in [4.78, 5) is 40.7. The highest BCUT2D eigenvalue weighted by atomic mass is 16.5. The zero-order chi connectivity index (χ0) is 20.0. The number of ether oxygens (including phenoxy) is 1. The van der Waals surface area contributed by atoms with Gasteiger partial charge < -0.3 is 24.8 Å². The second-order valence-corrected chi connectivity index (χ2v) is 7.62. The van der Waals surface area contributed by atoms with E-state index >= 15 is 0 Å². The summed E-state index contributed by atoms with van der Waals surface area (Å²) >= 11 is 0. The number of aromatic amines is 1. The number of carbonyl (C=O) groups is 2. The van der Waals surface area contributed by atoms with Crippen LogP contribution in [0, 0.1) is 5.41 Å². The van der Waals surface area contributed by atoms with Gasteiger partial charge in [0.25, 0.3) is 5.91 Å². The first-order valence-corrected chi connectivity index (χ1v) is 8.58. The van der Waals surface area contributed by atoms with E-state index in [1.165, 1.54) is 11.0 Å². The quantitative estimate of drug-likeness (QED) is 0.741. The van der Waals surface area contributed by atoms with Crippen molar-refractivity contribution in [3.05, 3.63) is 40.7 Å². The van der Waals surface area contributed by atoms with Gasteiger partial charge in [-0.3, -0.25) is 9.59 Å². The number of H-pyrrole nitrogens is 1. The van der Waals surface area contributed by atoms with Crippen LogP contribution in [0.4, 0.5) is 5.69 Å². The SMILES string of the molecule is CC(C)(C)[C@](O)(C(=O)O)[C@H]1OCCN(c2cccc3[nH]c(=O)ccc23)C1=O. The number of rotatable bonds is 3. The highest BCUT2D eigenvalue weighted by Crippen LogP contribution is 2.38. The van der Waals surface area contributed by atoms with Gasteiger partial charge in [0, 0.05) is 23.4 Å². The number of hydrogen-bond acceptors (Lipinski definition) is 5. The number of carbonyl (C=O) groups excluding carboxylic acids is 1. The highest BCUT2D eigenvalue weighted by Gasteiger charge is 2.59. The fraction of sp³-hybridized carbons (Fsp3) is 0.421. The van der Waals surface area contributed by atoms with E-state index in [1.807, 2.05) is 0 Å². The Hall–Kier alpha value is -2.71. The Morgan fingerprint density at radius 2 is 1.93 bits per heavy atom. The van der Waals surface area contributed by atoms with Gasteiger partial charge in [-0.05, 0) is 18.2 Å². The smallest absolute Gasteiger partial charge is 0.339 e. The molecule has 0 aliphatic carbocycles. The van der Waals surface area contributed by atoms with Crippen molar-refractivity contribution in [2.75, 3.05) is 18.1 Å². The van der Waals surface area contributed by atoms with E-state index in [2.05, 4.69) is 4.98 Å². The molecule has 1 amide bonds. The fourth-order valence-electron chi connectivity index (χ4n) is 3.36. The van der Waals surface area contributed by atoms with Crippen LogP contribution in [0.15, 0.2) is 35.1 Å². The number of nitrogens with zero attached hydrogens (tertiary/aromatic N) is 1. The Morgan fingerprint density at radius 1 is 1.22 bits per heavy atom. The fourth-order valence-corrected chi connectivity index (χ4v) is 3.36. The molecule has 27 heavy (non-hydrogen) atoms. The summed E-state index contributed by atoms with van der Waals surface area (Å²) in [6.45, 7) is 4.90. The summed E-state index contributed by atoms with van der Waals surface area (Å²) in [5.74, 6) is -2.16. The van der Waals surface area contributed by atoms with Crippen LogP contribution in [0.3, 0.4) is 0 Å². The maximum absolute atomic E-state index is 13.1. The molecule has 0 saturated carbocycles. The summed E-state index contributed by atoms with van der Waals surface area (Å²) in [6.07, 6.45) is -1.55. The van der Waals surface area contributed by atoms with Crippen molar-refractivity contribution in [3.63, 3.8) is 0 Å². The normalized spacial score (nSPS) is 20.5. The number of carboxylic acids is 1. The lowest BCUT2D eigenvalue weighted by molar-refractivity contribution is -0.203. The monoisotopic (exact) mass is 374 g/mol. The average molecular weight is 374 g/mol. The molecule has 1 aliphatic rings. The summed E-state index contributed by atoms with van der Waals surface area (Å²) in [6, 6.07) is 8.08. The number of morpholine rings is 1. The van der Waals surface area contributed by atoms with Gasteiger partial charge in [0.1, 0.15) is 0 Å². The largest absolute Gasteiger partial charge is 0.479 e. The molecule has 1 aromatic carbocycles. The molecule has 0 spiro atoms. The number of benzene rings is 1. The Morgan fingerprint density at radius 3 is 2.56 bits per heavy atom. The maximum atomic E-state index is 13.1. The first-order chi connectivity index (χ1) is 12.6. The third-order valence-corrected chi connectivity index (χ3v) is 4.97. The first-order valence-electron chi connectivity index (χ1n) is 8.58. The van der Waals surface area contributed by atoms with Gasteiger partial charge >= 0.3 is 5.97 Å². The van der Waals surface area contributed by atoms with Crippen LogP contribution in [0.5, 0.6) is 0 Å². The number of hydrogen-bond donors (Lipinski definition) is 3. The van der Waals surface area contributed by atoms with Crippen LogP contribution in [0.1, 0.15) is 20.8 Å². The number of aromatic nitrogens is 1. The number of pyridine rings is 1. The van der Waals surface area contributed by atoms with E-state index in [4.69, 9.17) is 4.74 Å². The van der Waals surface area contributed by atoms with E-state index < -0.39 is 29.0 Å². The van der Waals surface area contributed by atoms with Crippen LogP contribution in [0.2, 0.25) is 0 Å². The van der Waals surface area contributed by atoms with Gasteiger partial charge in [-0.25, -0.2) is 4.79 Å². The molecule has 3 N–H and O–H groups in total. The molecular formula is C19H22N2O6. The third-order valence-electron chi connectivity index (χ3n) is 4.97. The molecule has 2 atom stereocenters. The van der Waals surface area contributed by atoms with Crippen molar-refractivity contribution in [3.8, 4) is 0 Å². The molecule has 8 nitrogen and oxygen atoms in total. The Balaban J connectivity index is 2.09. The van der Waals surface area contributed by atoms with Gasteiger partial charge in [-0.2, -0.15) is 0 Å². The van der Waals surface area contributed by atoms with Gasteiger partial charge in [0.2, 0.25) is 11.2 Å². The molecule has 1 aromatic heterocycles. The molecule has 0 bridgehead atoms. The summed E-state index contributed by atoms with van der Waals surface area (Å²) in [5, 5.41) is 21.2. The van der Waals surface area contributed by atoms with Gasteiger partial charge in [-0.15, -0.1) is 0 Å². The number of aliphatic hydroxyl groups is 1. The standard InChI is InChI=1S/C19H22N2O6/c1-18(2,3)19(26,17(24)25)15-16(23)21(9-10-27-15)13-6-4-5-12-11(13)7-8-14(22)20-12/h4-8,15,26H,9-10H2,1-3H3,(H,20,22)(H,24,25)/t15-,19+/m0/s1. The Labute approximate surface area is 155 Å². The van der Waals surface area contributed by atoms with E-state index in [0.29, 0.717) is 16.6 Å². The maximum Gasteiger partial charge on any atom is 0.339 e. The van der Waals surface area contributed by atoms with Crippen molar-refractivity contribution in [2.24, 2.45) is 5.41 Å². The minimum absolute atomic E-state index is 0.0712. The van der Waals surface area contributed by atoms with Crippen LogP contribution in [-0.4, -0.2) is 51.9 Å². The molecule has 1 saturated heterocycles. The second kappa shape index (κ2) is 6.47. The predicted molar refractivity (Wildman–Crippen MR) is 98.7 cm³/mol. The number of nitrogens with one attached hydrogen (secondary N) is 1. The lowest BCUT2D eigenvalue weighted by atomic mass is 9.72. The molecule has 2 aromatic rings. The Bertz CT molecular complexity index is 961. The van der Waals surface area contributed by atoms with E-state index in [0.717, 1.165) is 0 Å². The number of anilines is 1. The second-order valence-electron chi connectivity index (χ2n) is 7.62. The average Bonchev–Trinajstić information content (AvgIpc) is 2.59. The van der Waals surface area contributed by atoms with Gasteiger partial charge in [-0.1, -0.05) is 26.8 Å². The van der Waals surface area contributed by atoms with Crippen molar-refractivity contribution in [1.29, 1.82) is 0 Å². The van der Waals surface area contributed by atoms with Gasteiger partial charge in [0.15, 0.2) is 6.10 Å². The van der Waals surface area contributed by atoms with Crippen molar-refractivity contribution in [1.82, 2.24) is 4.98 Å². The highest BCUT2D eigenvalue weighted by molar-refractivity contribution is 6.07. The summed E-state index contributed by atoms with van der Waals surface area (Å²) in [7, 11) is 0. The lowest BCUT2D eigenvalue weighted by Crippen LogP contribution is -2.66. The van der Waals surface area contributed by atoms with Crippen LogP contribution >= 0.6 is 0 Å². The number of amides is 1. The molecule has 144 valence electrons. The lowest BCUT2D eigenvalue weighted by Gasteiger charge is -2.44. The molecule has 8 heteroatoms. The summed E-state index contributed by atoms with van der Waals surface area (Å²) in [5.41, 5.74) is -2.74. The topological polar surface area (TPSA) is 120 Å². The van der Waals surface area contributed by atoms with E-state index in [1.54, 1.807) is 45.0 Å². The molecule has 1 aliphatic heterocycles. The first kappa shape index (κ1) is 19.1. The van der Waals surface area contributed by atoms with Crippen LogP contribution in [0.25, 0.3) is 10.9 Å². The molecule has 0 radical (unpaired) electrons. The molecule has 0 unspecified atom stereocenters. The zero-order valence-corrected chi connectivity index (χ0v) is 15.4. The zero-order valence-electron chi connectivity index (χ0n) is 15.4. The van der Waals surface area contributed by atoms with Crippen LogP contribution < -0.4 is 10.5 Å². The van der Waals surface area contributed by atoms with Gasteiger partial charge in [0.05, 0.1) is 17.8 Å². The van der Waals surface area contributed by atoms with Crippen LogP contribution in [-0.2, 0) is 14.3 Å². The Kier molecular flexibility index (Phi) is 4.57. The van der Waals surface area contributed by atoms with E-state index in [-0.39, 0.29) is 18.7 Å². The number of aliphatic carboxylic acids is 1. The van der Waals surface area contributed by atoms with Crippen molar-refractivity contribution in [2.45, 2.75) is 32.5 Å². The molecule has 2 heterocycles. The minimum atomic E-state index is -2.40. The van der Waals surface area contributed by atoms with E-state index in [9.17, 15) is 24.6 Å². The predicted octanol–water partition coefficient (Wildman–Crippen LogP) is 1.12. The molecular weight excluding hydrogens is 352 g/mol. The van der Waals surface area contributed by atoms with Crippen molar-refractivity contribution >= 4 is 28.5 Å². The number of fused-ring (bicyclic) bond motifs is 1. The third kappa shape index (κ3) is 3.00.